The molecule has 0 unspecified atom stereocenters. The Labute approximate surface area is 234 Å². The molecule has 10 heteroatoms. The lowest BCUT2D eigenvalue weighted by Gasteiger charge is -2.42. The lowest BCUT2D eigenvalue weighted by molar-refractivity contribution is -0.135. The fourth-order valence-electron chi connectivity index (χ4n) is 6.14. The molecule has 0 saturated heterocycles. The molecule has 0 fully saturated rings. The normalized spacial score (nSPS) is 28.6. The van der Waals surface area contributed by atoms with Crippen LogP contribution in [0.4, 0.5) is 0 Å². The highest BCUT2D eigenvalue weighted by Gasteiger charge is 2.53. The zero-order valence-electron chi connectivity index (χ0n) is 23.7. The fourth-order valence-corrected chi connectivity index (χ4v) is 6.14. The van der Waals surface area contributed by atoms with Gasteiger partial charge in [-0.05, 0) is 51.0 Å². The summed E-state index contributed by atoms with van der Waals surface area (Å²) in [5, 5.41) is 14.1. The number of amides is 2. The van der Waals surface area contributed by atoms with Crippen molar-refractivity contribution in [2.24, 2.45) is 10.7 Å². The summed E-state index contributed by atoms with van der Waals surface area (Å²) in [6.45, 7) is 7.72. The van der Waals surface area contributed by atoms with Crippen molar-refractivity contribution in [3.63, 3.8) is 0 Å². The van der Waals surface area contributed by atoms with Crippen LogP contribution in [-0.4, -0.2) is 64.8 Å². The Morgan fingerprint density at radius 1 is 1.18 bits per heavy atom. The molecule has 0 spiro atoms. The van der Waals surface area contributed by atoms with Crippen LogP contribution in [0.1, 0.15) is 80.5 Å². The van der Waals surface area contributed by atoms with Gasteiger partial charge in [-0.15, -0.1) is 0 Å². The lowest BCUT2D eigenvalue weighted by atomic mass is 9.85. The van der Waals surface area contributed by atoms with Gasteiger partial charge in [-0.25, -0.2) is 4.99 Å². The summed E-state index contributed by atoms with van der Waals surface area (Å²) in [5.74, 6) is 0.753. The Hall–Kier alpha value is -3.63. The number of aliphatic imine (C=N–C) groups is 1. The molecule has 4 N–H and O–H groups in total. The van der Waals surface area contributed by atoms with E-state index in [0.29, 0.717) is 41.0 Å². The maximum atomic E-state index is 13.6. The molecule has 0 bridgehead atoms. The van der Waals surface area contributed by atoms with Crippen LogP contribution in [0.5, 0.6) is 11.5 Å². The Balaban J connectivity index is 1.52. The minimum atomic E-state index is -1.32. The molecule has 0 aliphatic carbocycles. The largest absolute Gasteiger partial charge is 0.490 e. The van der Waals surface area contributed by atoms with Gasteiger partial charge in [-0.1, -0.05) is 32.0 Å². The van der Waals surface area contributed by atoms with E-state index in [9.17, 15) is 14.7 Å². The monoisotopic (exact) mass is 550 g/mol. The second kappa shape index (κ2) is 10.1. The Bertz CT molecular complexity index is 1350. The first-order valence-corrected chi connectivity index (χ1v) is 13.7. The number of hydrogen-bond acceptors (Lipinski definition) is 8. The van der Waals surface area contributed by atoms with Crippen LogP contribution in [0.2, 0.25) is 0 Å². The van der Waals surface area contributed by atoms with E-state index in [0.717, 1.165) is 0 Å². The van der Waals surface area contributed by atoms with E-state index in [1.807, 2.05) is 45.0 Å². The van der Waals surface area contributed by atoms with Crippen LogP contribution in [0, 0.1) is 0 Å². The molecule has 0 aromatic heterocycles. The van der Waals surface area contributed by atoms with E-state index in [-0.39, 0.29) is 37.4 Å². The van der Waals surface area contributed by atoms with Crippen molar-refractivity contribution in [3.8, 4) is 11.5 Å². The number of para-hydroxylation sites is 1. The fraction of sp³-hybridized carbons (Fsp3) is 0.500. The SMILES string of the molecule is CCC1(CC)CC(=O)N([C@H]2c3cc(C(=O)N[C@@H]4c5ccccc5OC[C@@]4(C)O)ccc3O[C@]2(C)COC)C(N)=N1. The molecule has 2 aromatic rings. The van der Waals surface area contributed by atoms with Crippen molar-refractivity contribution in [3.05, 3.63) is 59.2 Å². The Morgan fingerprint density at radius 2 is 1.90 bits per heavy atom. The van der Waals surface area contributed by atoms with Crippen molar-refractivity contribution in [2.75, 3.05) is 20.3 Å². The molecule has 3 aliphatic rings. The number of nitrogens with one attached hydrogen (secondary N) is 1. The second-order valence-electron chi connectivity index (χ2n) is 11.4. The number of nitrogens with two attached hydrogens (primary N) is 1. The van der Waals surface area contributed by atoms with E-state index in [2.05, 4.69) is 5.32 Å². The summed E-state index contributed by atoms with van der Waals surface area (Å²) in [6.07, 6.45) is 1.62. The highest BCUT2D eigenvalue weighted by molar-refractivity contribution is 6.00. The lowest BCUT2D eigenvalue weighted by Crippen LogP contribution is -2.58. The molecular formula is C30H38N4O6. The molecule has 2 aromatic carbocycles. The van der Waals surface area contributed by atoms with E-state index in [4.69, 9.17) is 24.9 Å². The summed E-state index contributed by atoms with van der Waals surface area (Å²) < 4.78 is 17.6. The summed E-state index contributed by atoms with van der Waals surface area (Å²) in [6, 6.07) is 11.1. The third-order valence-electron chi connectivity index (χ3n) is 8.49. The van der Waals surface area contributed by atoms with Crippen LogP contribution >= 0.6 is 0 Å². The average Bonchev–Trinajstić information content (AvgIpc) is 3.20. The predicted molar refractivity (Wildman–Crippen MR) is 149 cm³/mol. The van der Waals surface area contributed by atoms with Gasteiger partial charge in [-0.3, -0.25) is 14.5 Å². The number of fused-ring (bicyclic) bond motifs is 2. The van der Waals surface area contributed by atoms with E-state index >= 15 is 0 Å². The molecule has 3 heterocycles. The third kappa shape index (κ3) is 4.58. The maximum Gasteiger partial charge on any atom is 0.251 e. The number of ether oxygens (including phenoxy) is 3. The first-order chi connectivity index (χ1) is 19.0. The van der Waals surface area contributed by atoms with Crippen molar-refractivity contribution < 1.29 is 28.9 Å². The third-order valence-corrected chi connectivity index (χ3v) is 8.49. The van der Waals surface area contributed by atoms with Crippen LogP contribution in [0.15, 0.2) is 47.5 Å². The van der Waals surface area contributed by atoms with Crippen LogP contribution in [0.25, 0.3) is 0 Å². The number of rotatable bonds is 7. The van der Waals surface area contributed by atoms with E-state index < -0.39 is 28.8 Å². The van der Waals surface area contributed by atoms with Crippen molar-refractivity contribution in [2.45, 2.75) is 75.8 Å². The van der Waals surface area contributed by atoms with Gasteiger partial charge in [0.1, 0.15) is 29.7 Å². The van der Waals surface area contributed by atoms with E-state index in [1.165, 1.54) is 4.90 Å². The van der Waals surface area contributed by atoms with Gasteiger partial charge in [0.05, 0.1) is 24.6 Å². The summed E-state index contributed by atoms with van der Waals surface area (Å²) in [5.41, 5.74) is 5.35. The molecule has 3 aliphatic heterocycles. The molecule has 214 valence electrons. The Kier molecular flexibility index (Phi) is 7.04. The molecule has 10 nitrogen and oxygen atoms in total. The molecular weight excluding hydrogens is 512 g/mol. The number of methoxy groups -OCH3 is 1. The quantitative estimate of drug-likeness (QED) is 0.482. The van der Waals surface area contributed by atoms with Gasteiger partial charge in [0.2, 0.25) is 5.91 Å². The van der Waals surface area contributed by atoms with Crippen molar-refractivity contribution in [1.29, 1.82) is 0 Å². The topological polar surface area (TPSA) is 136 Å². The maximum absolute atomic E-state index is 13.6. The van der Waals surface area contributed by atoms with Gasteiger partial charge in [-0.2, -0.15) is 0 Å². The minimum Gasteiger partial charge on any atom is -0.490 e. The van der Waals surface area contributed by atoms with E-state index in [1.54, 1.807) is 32.2 Å². The highest BCUT2D eigenvalue weighted by atomic mass is 16.5. The number of hydrogen-bond donors (Lipinski definition) is 3. The van der Waals surface area contributed by atoms with Crippen LogP contribution in [0.3, 0.4) is 0 Å². The molecule has 5 rings (SSSR count). The second-order valence-corrected chi connectivity index (χ2v) is 11.4. The summed E-state index contributed by atoms with van der Waals surface area (Å²) in [7, 11) is 1.57. The van der Waals surface area contributed by atoms with Gasteiger partial charge >= 0.3 is 0 Å². The number of benzene rings is 2. The molecule has 0 saturated carbocycles. The number of guanidine groups is 1. The van der Waals surface area contributed by atoms with Crippen LogP contribution in [-0.2, 0) is 9.53 Å². The molecule has 40 heavy (non-hydrogen) atoms. The smallest absolute Gasteiger partial charge is 0.251 e. The van der Waals surface area contributed by atoms with Crippen LogP contribution < -0.4 is 20.5 Å². The minimum absolute atomic E-state index is 0.0388. The number of aliphatic hydroxyl groups is 1. The first-order valence-electron chi connectivity index (χ1n) is 13.7. The molecule has 4 atom stereocenters. The molecule has 2 amide bonds. The van der Waals surface area contributed by atoms with Gasteiger partial charge < -0.3 is 30.4 Å². The summed E-state index contributed by atoms with van der Waals surface area (Å²) in [4.78, 5) is 33.5. The highest BCUT2D eigenvalue weighted by Crippen LogP contribution is 2.49. The zero-order valence-corrected chi connectivity index (χ0v) is 23.7. The standard InChI is InChI=1S/C30H38N4O6/c1-6-30(7-2)15-23(35)34(27(31)33-30)25-20-14-18(12-13-22(20)40-29(25,4)17-38-5)26(36)32-24-19-10-8-9-11-21(19)39-16-28(24,3)37/h8-14,24-25,37H,6-7,15-17H2,1-5H3,(H2,31,33)(H,32,36)/t24-,25+,28-,29-/m1/s1. The van der Waals surface area contributed by atoms with Crippen molar-refractivity contribution >= 4 is 17.8 Å². The number of carbonyl (C=O) groups is 2. The Morgan fingerprint density at radius 3 is 2.58 bits per heavy atom. The zero-order chi connectivity index (χ0) is 28.9. The van der Waals surface area contributed by atoms with Gasteiger partial charge in [0, 0.05) is 23.8 Å². The number of carbonyl (C=O) groups excluding carboxylic acids is 2. The first kappa shape index (κ1) is 27.9. The van der Waals surface area contributed by atoms with Gasteiger partial charge in [0.25, 0.3) is 5.91 Å². The number of nitrogens with zero attached hydrogens (tertiary/aromatic N) is 2. The predicted octanol–water partition coefficient (Wildman–Crippen LogP) is 3.25. The average molecular weight is 551 g/mol. The van der Waals surface area contributed by atoms with Gasteiger partial charge in [0.15, 0.2) is 11.6 Å². The summed E-state index contributed by atoms with van der Waals surface area (Å²) >= 11 is 0. The van der Waals surface area contributed by atoms with Crippen molar-refractivity contribution in [1.82, 2.24) is 10.2 Å². The molecule has 0 radical (unpaired) electrons.